The number of oxazole rings is 1. The molecule has 0 unspecified atom stereocenters. The Labute approximate surface area is 140 Å². The molecule has 0 aliphatic carbocycles. The number of benzene rings is 2. The smallest absolute Gasteiger partial charge is 0.341 e. The highest BCUT2D eigenvalue weighted by molar-refractivity contribution is 6.32. The summed E-state index contributed by atoms with van der Waals surface area (Å²) >= 11 is 0. The van der Waals surface area contributed by atoms with E-state index in [1.165, 1.54) is 6.26 Å². The number of ether oxygens (including phenoxy) is 1. The molecule has 3 aromatic rings. The van der Waals surface area contributed by atoms with Crippen LogP contribution in [0.3, 0.4) is 0 Å². The third kappa shape index (κ3) is 3.84. The standard InChI is InChI=1S/C18H14BNO4/c19-13-6-7-16(23-11-18(21)22)14(9-13)15-10-24-17(20-15)8-12-4-2-1-3-5-12/h1-7,9-10H,8,11H2,(H,21,22). The van der Waals surface area contributed by atoms with E-state index in [-0.39, 0.29) is 0 Å². The molecule has 6 heteroatoms. The van der Waals surface area contributed by atoms with Crippen LogP contribution in [0.4, 0.5) is 0 Å². The Balaban J connectivity index is 1.86. The predicted octanol–water partition coefficient (Wildman–Crippen LogP) is 2.19. The number of hydrogen-bond donors (Lipinski definition) is 1. The van der Waals surface area contributed by atoms with E-state index in [0.29, 0.717) is 34.8 Å². The van der Waals surface area contributed by atoms with Crippen LogP contribution in [0.1, 0.15) is 11.5 Å². The molecule has 0 aliphatic heterocycles. The lowest BCUT2D eigenvalue weighted by Crippen LogP contribution is -2.11. The van der Waals surface area contributed by atoms with Gasteiger partial charge in [-0.2, -0.15) is 0 Å². The molecule has 0 bridgehead atoms. The number of carbonyl (C=O) groups is 1. The molecule has 0 saturated heterocycles. The largest absolute Gasteiger partial charge is 0.481 e. The van der Waals surface area contributed by atoms with Crippen molar-refractivity contribution in [3.05, 3.63) is 66.2 Å². The highest BCUT2D eigenvalue weighted by Gasteiger charge is 2.13. The molecule has 5 nitrogen and oxygen atoms in total. The fourth-order valence-corrected chi connectivity index (χ4v) is 2.30. The molecule has 0 atom stereocenters. The normalized spacial score (nSPS) is 10.5. The number of rotatable bonds is 6. The van der Waals surface area contributed by atoms with Crippen LogP contribution in [0, 0.1) is 0 Å². The molecular formula is C18H14BNO4. The van der Waals surface area contributed by atoms with Gasteiger partial charge in [0.25, 0.3) is 0 Å². The van der Waals surface area contributed by atoms with E-state index in [2.05, 4.69) is 4.98 Å². The van der Waals surface area contributed by atoms with Crippen LogP contribution in [0.2, 0.25) is 0 Å². The number of nitrogens with zero attached hydrogens (tertiary/aromatic N) is 1. The molecule has 0 saturated carbocycles. The van der Waals surface area contributed by atoms with Crippen LogP contribution >= 0.6 is 0 Å². The van der Waals surface area contributed by atoms with Gasteiger partial charge in [-0.15, -0.1) is 0 Å². The van der Waals surface area contributed by atoms with E-state index < -0.39 is 12.6 Å². The van der Waals surface area contributed by atoms with E-state index >= 15 is 0 Å². The highest BCUT2D eigenvalue weighted by atomic mass is 16.5. The van der Waals surface area contributed by atoms with E-state index in [1.807, 2.05) is 30.3 Å². The number of hydrogen-bond acceptors (Lipinski definition) is 4. The Kier molecular flexibility index (Phi) is 4.65. The lowest BCUT2D eigenvalue weighted by Gasteiger charge is -2.09. The minimum absolute atomic E-state index is 0.395. The van der Waals surface area contributed by atoms with Crippen molar-refractivity contribution in [2.45, 2.75) is 6.42 Å². The second-order valence-corrected chi connectivity index (χ2v) is 5.23. The minimum Gasteiger partial charge on any atom is -0.481 e. The van der Waals surface area contributed by atoms with Gasteiger partial charge in [-0.05, 0) is 11.6 Å². The van der Waals surface area contributed by atoms with Crippen LogP contribution < -0.4 is 10.2 Å². The van der Waals surface area contributed by atoms with Crippen LogP contribution in [0.5, 0.6) is 5.75 Å². The fourth-order valence-electron chi connectivity index (χ4n) is 2.30. The van der Waals surface area contributed by atoms with Gasteiger partial charge in [-0.3, -0.25) is 0 Å². The molecule has 24 heavy (non-hydrogen) atoms. The van der Waals surface area contributed by atoms with Gasteiger partial charge in [-0.1, -0.05) is 47.9 Å². The number of aliphatic carboxylic acids is 1. The predicted molar refractivity (Wildman–Crippen MR) is 89.7 cm³/mol. The minimum atomic E-state index is -1.05. The van der Waals surface area contributed by atoms with Gasteiger partial charge >= 0.3 is 5.97 Å². The zero-order valence-corrected chi connectivity index (χ0v) is 12.8. The molecule has 0 spiro atoms. The van der Waals surface area contributed by atoms with Crippen LogP contribution in [0.15, 0.2) is 59.2 Å². The monoisotopic (exact) mass is 319 g/mol. The van der Waals surface area contributed by atoms with E-state index in [4.69, 9.17) is 22.1 Å². The lowest BCUT2D eigenvalue weighted by molar-refractivity contribution is -0.139. The van der Waals surface area contributed by atoms with Crippen molar-refractivity contribution in [3.63, 3.8) is 0 Å². The zero-order chi connectivity index (χ0) is 16.9. The van der Waals surface area contributed by atoms with E-state index in [9.17, 15) is 4.79 Å². The maximum atomic E-state index is 10.7. The first kappa shape index (κ1) is 15.9. The molecular weight excluding hydrogens is 305 g/mol. The van der Waals surface area contributed by atoms with E-state index in [1.54, 1.807) is 18.2 Å². The molecule has 2 aromatic carbocycles. The van der Waals surface area contributed by atoms with Gasteiger partial charge in [0.1, 0.15) is 25.6 Å². The first-order valence-corrected chi connectivity index (χ1v) is 7.34. The molecule has 0 fully saturated rings. The number of carboxylic acids is 1. The Morgan fingerprint density at radius 3 is 2.75 bits per heavy atom. The quantitative estimate of drug-likeness (QED) is 0.705. The topological polar surface area (TPSA) is 72.6 Å². The van der Waals surface area contributed by atoms with Gasteiger partial charge < -0.3 is 14.3 Å². The summed E-state index contributed by atoms with van der Waals surface area (Å²) in [5.74, 6) is -0.100. The summed E-state index contributed by atoms with van der Waals surface area (Å²) in [5.41, 5.74) is 2.76. The average molecular weight is 319 g/mol. The van der Waals surface area contributed by atoms with Crippen molar-refractivity contribution >= 4 is 19.3 Å². The second kappa shape index (κ2) is 7.04. The summed E-state index contributed by atoms with van der Waals surface area (Å²) in [6, 6.07) is 14.8. The zero-order valence-electron chi connectivity index (χ0n) is 12.8. The fraction of sp³-hybridized carbons (Fsp3) is 0.111. The van der Waals surface area contributed by atoms with Gasteiger partial charge in [0, 0.05) is 12.0 Å². The third-order valence-electron chi connectivity index (χ3n) is 3.38. The van der Waals surface area contributed by atoms with Crippen molar-refractivity contribution < 1.29 is 19.1 Å². The molecule has 2 radical (unpaired) electrons. The first-order valence-electron chi connectivity index (χ1n) is 7.34. The Morgan fingerprint density at radius 1 is 1.21 bits per heavy atom. The van der Waals surface area contributed by atoms with Crippen molar-refractivity contribution in [1.29, 1.82) is 0 Å². The van der Waals surface area contributed by atoms with Gasteiger partial charge in [0.2, 0.25) is 0 Å². The number of carboxylic acid groups (broad SMARTS) is 1. The molecule has 1 aromatic heterocycles. The number of aromatic nitrogens is 1. The van der Waals surface area contributed by atoms with Gasteiger partial charge in [-0.25, -0.2) is 9.78 Å². The van der Waals surface area contributed by atoms with Gasteiger partial charge in [0.15, 0.2) is 12.5 Å². The van der Waals surface area contributed by atoms with Gasteiger partial charge in [0.05, 0.1) is 0 Å². The van der Waals surface area contributed by atoms with Crippen LogP contribution in [-0.4, -0.2) is 30.5 Å². The Hall–Kier alpha value is -3.02. The van der Waals surface area contributed by atoms with E-state index in [0.717, 1.165) is 5.56 Å². The van der Waals surface area contributed by atoms with Crippen molar-refractivity contribution in [3.8, 4) is 17.0 Å². The molecule has 118 valence electrons. The summed E-state index contributed by atoms with van der Waals surface area (Å²) in [6.45, 7) is -0.439. The molecule has 0 aliphatic rings. The maximum Gasteiger partial charge on any atom is 0.341 e. The summed E-state index contributed by atoms with van der Waals surface area (Å²) in [5, 5.41) is 8.78. The SMILES string of the molecule is [B]c1ccc(OCC(=O)O)c(-c2coc(Cc3ccccc3)n2)c1. The highest BCUT2D eigenvalue weighted by Crippen LogP contribution is 2.28. The second-order valence-electron chi connectivity index (χ2n) is 5.23. The molecule has 0 amide bonds. The van der Waals surface area contributed by atoms with Crippen LogP contribution in [0.25, 0.3) is 11.3 Å². The lowest BCUT2D eigenvalue weighted by atomic mass is 9.93. The maximum absolute atomic E-state index is 10.7. The first-order chi connectivity index (χ1) is 11.6. The molecule has 1 N–H and O–H groups in total. The average Bonchev–Trinajstić information content (AvgIpc) is 3.03. The third-order valence-corrected chi connectivity index (χ3v) is 3.38. The summed E-state index contributed by atoms with van der Waals surface area (Å²) in [7, 11) is 5.82. The summed E-state index contributed by atoms with van der Waals surface area (Å²) < 4.78 is 10.8. The van der Waals surface area contributed by atoms with Crippen LogP contribution in [-0.2, 0) is 11.2 Å². The Bertz CT molecular complexity index is 845. The summed E-state index contributed by atoms with van der Waals surface area (Å²) in [6.07, 6.45) is 2.08. The Morgan fingerprint density at radius 2 is 2.00 bits per heavy atom. The van der Waals surface area contributed by atoms with Crippen molar-refractivity contribution in [2.75, 3.05) is 6.61 Å². The summed E-state index contributed by atoms with van der Waals surface area (Å²) in [4.78, 5) is 15.2. The van der Waals surface area contributed by atoms with Crippen molar-refractivity contribution in [2.24, 2.45) is 0 Å². The molecule has 1 heterocycles. The molecule has 3 rings (SSSR count). The van der Waals surface area contributed by atoms with Crippen molar-refractivity contribution in [1.82, 2.24) is 4.98 Å².